The third-order valence-corrected chi connectivity index (χ3v) is 4.30. The van der Waals surface area contributed by atoms with E-state index in [9.17, 15) is 8.78 Å². The molecule has 4 rings (SSSR count). The van der Waals surface area contributed by atoms with Crippen molar-refractivity contribution in [3.8, 4) is 0 Å². The first-order chi connectivity index (χ1) is 13.2. The van der Waals surface area contributed by atoms with E-state index in [4.69, 9.17) is 4.74 Å². The van der Waals surface area contributed by atoms with Gasteiger partial charge in [-0.15, -0.1) is 0 Å². The number of benzene rings is 1. The number of halogens is 2. The molecule has 1 unspecified atom stereocenters. The summed E-state index contributed by atoms with van der Waals surface area (Å²) >= 11 is 0. The van der Waals surface area contributed by atoms with E-state index < -0.39 is 11.6 Å². The topological polar surface area (TPSA) is 76.9 Å². The first-order valence-corrected chi connectivity index (χ1v) is 8.58. The molecule has 1 aromatic carbocycles. The second kappa shape index (κ2) is 7.67. The van der Waals surface area contributed by atoms with E-state index in [0.29, 0.717) is 18.4 Å². The minimum atomic E-state index is -0.599. The molecule has 0 radical (unpaired) electrons. The highest BCUT2D eigenvalue weighted by Gasteiger charge is 2.18. The van der Waals surface area contributed by atoms with Crippen LogP contribution in [0.25, 0.3) is 0 Å². The normalized spacial score (nSPS) is 16.4. The van der Waals surface area contributed by atoms with Crippen LogP contribution in [0.1, 0.15) is 18.0 Å². The van der Waals surface area contributed by atoms with E-state index >= 15 is 0 Å². The Hall–Kier alpha value is -3.07. The highest BCUT2D eigenvalue weighted by atomic mass is 19.1. The number of nitrogens with zero attached hydrogens (tertiary/aromatic N) is 4. The smallest absolute Gasteiger partial charge is 0.229 e. The maximum Gasteiger partial charge on any atom is 0.229 e. The van der Waals surface area contributed by atoms with Crippen molar-refractivity contribution in [2.45, 2.75) is 19.0 Å². The molecule has 0 saturated carbocycles. The number of nitrogens with one attached hydrogen (secondary N) is 2. The molecular formula is C18H18F2N6O. The van der Waals surface area contributed by atoms with E-state index in [-0.39, 0.29) is 18.2 Å². The standard InChI is InChI=1S/C18H18F2N6O/c19-15-2-1-3-16(20)14(15)9-22-17-4-6-21-18(25-17)24-12-8-23-26(10-12)13-5-7-27-11-13/h1-4,6,8,10,13H,5,7,9,11H2,(H2,21,22,24,25). The Balaban J connectivity index is 1.42. The van der Waals surface area contributed by atoms with Gasteiger partial charge in [-0.05, 0) is 24.6 Å². The lowest BCUT2D eigenvalue weighted by Gasteiger charge is -2.09. The molecule has 0 spiro atoms. The van der Waals surface area contributed by atoms with E-state index in [1.54, 1.807) is 18.5 Å². The number of hydrogen-bond donors (Lipinski definition) is 2. The summed E-state index contributed by atoms with van der Waals surface area (Å²) in [5, 5.41) is 10.3. The molecule has 7 nitrogen and oxygen atoms in total. The molecule has 1 atom stereocenters. The molecule has 3 aromatic rings. The van der Waals surface area contributed by atoms with E-state index in [1.807, 2.05) is 10.9 Å². The predicted octanol–water partition coefficient (Wildman–Crippen LogP) is 3.27. The number of rotatable bonds is 6. The lowest BCUT2D eigenvalue weighted by molar-refractivity contribution is 0.184. The zero-order valence-corrected chi connectivity index (χ0v) is 14.4. The maximum atomic E-state index is 13.7. The summed E-state index contributed by atoms with van der Waals surface area (Å²) in [6.07, 6.45) is 6.06. The highest BCUT2D eigenvalue weighted by Crippen LogP contribution is 2.21. The van der Waals surface area contributed by atoms with Gasteiger partial charge in [0.25, 0.3) is 0 Å². The molecule has 0 amide bonds. The van der Waals surface area contributed by atoms with Crippen LogP contribution in [0.15, 0.2) is 42.9 Å². The zero-order chi connectivity index (χ0) is 18.6. The fraction of sp³-hybridized carbons (Fsp3) is 0.278. The van der Waals surface area contributed by atoms with Crippen LogP contribution in [-0.4, -0.2) is 33.0 Å². The molecule has 1 aliphatic heterocycles. The third-order valence-electron chi connectivity index (χ3n) is 4.30. The van der Waals surface area contributed by atoms with Crippen molar-refractivity contribution in [1.29, 1.82) is 0 Å². The Morgan fingerprint density at radius 3 is 2.85 bits per heavy atom. The van der Waals surface area contributed by atoms with Crippen LogP contribution >= 0.6 is 0 Å². The summed E-state index contributed by atoms with van der Waals surface area (Å²) in [6.45, 7) is 1.38. The van der Waals surface area contributed by atoms with Crippen LogP contribution < -0.4 is 10.6 Å². The average molecular weight is 372 g/mol. The van der Waals surface area contributed by atoms with Gasteiger partial charge in [0.1, 0.15) is 17.5 Å². The van der Waals surface area contributed by atoms with Crippen LogP contribution in [-0.2, 0) is 11.3 Å². The number of anilines is 3. The van der Waals surface area contributed by atoms with Crippen LogP contribution in [0, 0.1) is 11.6 Å². The Kier molecular flexibility index (Phi) is 4.93. The van der Waals surface area contributed by atoms with Crippen molar-refractivity contribution in [3.63, 3.8) is 0 Å². The molecule has 1 fully saturated rings. The minimum Gasteiger partial charge on any atom is -0.379 e. The molecule has 1 aliphatic rings. The van der Waals surface area contributed by atoms with Crippen LogP contribution in [0.3, 0.4) is 0 Å². The third kappa shape index (κ3) is 4.03. The highest BCUT2D eigenvalue weighted by molar-refractivity contribution is 5.52. The first kappa shape index (κ1) is 17.3. The summed E-state index contributed by atoms with van der Waals surface area (Å²) in [6, 6.07) is 5.65. The van der Waals surface area contributed by atoms with Crippen molar-refractivity contribution < 1.29 is 13.5 Å². The SMILES string of the molecule is Fc1cccc(F)c1CNc1ccnc(Nc2cnn(C3CCOC3)c2)n1. The quantitative estimate of drug-likeness (QED) is 0.692. The summed E-state index contributed by atoms with van der Waals surface area (Å²) in [7, 11) is 0. The monoisotopic (exact) mass is 372 g/mol. The van der Waals surface area contributed by atoms with E-state index in [2.05, 4.69) is 25.7 Å². The van der Waals surface area contributed by atoms with E-state index in [1.165, 1.54) is 18.2 Å². The van der Waals surface area contributed by atoms with Gasteiger partial charge in [-0.25, -0.2) is 13.8 Å². The predicted molar refractivity (Wildman–Crippen MR) is 95.7 cm³/mol. The van der Waals surface area contributed by atoms with Crippen molar-refractivity contribution in [2.24, 2.45) is 0 Å². The van der Waals surface area contributed by atoms with Crippen LogP contribution in [0.4, 0.5) is 26.2 Å². The van der Waals surface area contributed by atoms with Gasteiger partial charge in [-0.3, -0.25) is 4.68 Å². The van der Waals surface area contributed by atoms with Gasteiger partial charge < -0.3 is 15.4 Å². The second-order valence-electron chi connectivity index (χ2n) is 6.17. The second-order valence-corrected chi connectivity index (χ2v) is 6.17. The fourth-order valence-corrected chi connectivity index (χ4v) is 2.86. The molecular weight excluding hydrogens is 354 g/mol. The van der Waals surface area contributed by atoms with Crippen molar-refractivity contribution >= 4 is 17.5 Å². The lowest BCUT2D eigenvalue weighted by atomic mass is 10.2. The van der Waals surface area contributed by atoms with E-state index in [0.717, 1.165) is 18.7 Å². The van der Waals surface area contributed by atoms with Gasteiger partial charge >= 0.3 is 0 Å². The average Bonchev–Trinajstić information content (AvgIpc) is 3.33. The molecule has 2 aromatic heterocycles. The van der Waals surface area contributed by atoms with Gasteiger partial charge in [0.05, 0.1) is 24.5 Å². The molecule has 140 valence electrons. The van der Waals surface area contributed by atoms with Gasteiger partial charge in [0.2, 0.25) is 5.95 Å². The van der Waals surface area contributed by atoms with Crippen LogP contribution in [0.2, 0.25) is 0 Å². The summed E-state index contributed by atoms with van der Waals surface area (Å²) < 4.78 is 34.6. The molecule has 27 heavy (non-hydrogen) atoms. The van der Waals surface area contributed by atoms with Crippen LogP contribution in [0.5, 0.6) is 0 Å². The number of ether oxygens (including phenoxy) is 1. The number of hydrogen-bond acceptors (Lipinski definition) is 6. The molecule has 2 N–H and O–H groups in total. The maximum absolute atomic E-state index is 13.7. The van der Waals surface area contributed by atoms with Crippen molar-refractivity contribution in [3.05, 3.63) is 60.1 Å². The number of aromatic nitrogens is 4. The fourth-order valence-electron chi connectivity index (χ4n) is 2.86. The summed E-state index contributed by atoms with van der Waals surface area (Å²) in [5.41, 5.74) is 0.713. The van der Waals surface area contributed by atoms with Gasteiger partial charge in [0.15, 0.2) is 0 Å². The Morgan fingerprint density at radius 1 is 1.22 bits per heavy atom. The zero-order valence-electron chi connectivity index (χ0n) is 14.4. The summed E-state index contributed by atoms with van der Waals surface area (Å²) in [4.78, 5) is 8.47. The summed E-state index contributed by atoms with van der Waals surface area (Å²) in [5.74, 6) is -0.389. The lowest BCUT2D eigenvalue weighted by Crippen LogP contribution is -2.08. The molecule has 9 heteroatoms. The Labute approximate surface area is 154 Å². The minimum absolute atomic E-state index is 0.0193. The Morgan fingerprint density at radius 2 is 2.07 bits per heavy atom. The molecule has 1 saturated heterocycles. The molecule has 0 aliphatic carbocycles. The van der Waals surface area contributed by atoms with Gasteiger partial charge in [-0.2, -0.15) is 10.1 Å². The largest absolute Gasteiger partial charge is 0.379 e. The first-order valence-electron chi connectivity index (χ1n) is 8.58. The molecule has 3 heterocycles. The Bertz CT molecular complexity index is 905. The van der Waals surface area contributed by atoms with Gasteiger partial charge in [0, 0.05) is 31.1 Å². The van der Waals surface area contributed by atoms with Gasteiger partial charge in [-0.1, -0.05) is 6.07 Å². The molecule has 0 bridgehead atoms. The van der Waals surface area contributed by atoms with Crippen molar-refractivity contribution in [2.75, 3.05) is 23.8 Å². The van der Waals surface area contributed by atoms with Crippen molar-refractivity contribution in [1.82, 2.24) is 19.7 Å².